The highest BCUT2D eigenvalue weighted by Gasteiger charge is 2.14. The third kappa shape index (κ3) is 5.08. The highest BCUT2D eigenvalue weighted by atomic mass is 16.6. The van der Waals surface area contributed by atoms with Crippen LogP contribution in [0.2, 0.25) is 0 Å². The molecule has 0 atom stereocenters. The van der Waals surface area contributed by atoms with E-state index in [0.717, 1.165) is 18.5 Å². The number of ether oxygens (including phenoxy) is 1. The Labute approximate surface area is 126 Å². The van der Waals surface area contributed by atoms with Crippen LogP contribution in [-0.4, -0.2) is 23.6 Å². The molecule has 4 nitrogen and oxygen atoms in total. The van der Waals surface area contributed by atoms with Crippen molar-refractivity contribution in [2.45, 2.75) is 32.4 Å². The first-order valence-electron chi connectivity index (χ1n) is 7.38. The SMILES string of the molecule is CCCCNC1C=CN(C(=O)OCc2ccccc2)C=C1. The van der Waals surface area contributed by atoms with Crippen molar-refractivity contribution in [3.63, 3.8) is 0 Å². The summed E-state index contributed by atoms with van der Waals surface area (Å²) in [6, 6.07) is 9.85. The molecule has 0 bridgehead atoms. The molecule has 0 unspecified atom stereocenters. The van der Waals surface area contributed by atoms with E-state index >= 15 is 0 Å². The lowest BCUT2D eigenvalue weighted by Gasteiger charge is -2.20. The Morgan fingerprint density at radius 3 is 2.62 bits per heavy atom. The number of unbranched alkanes of at least 4 members (excludes halogenated alkanes) is 1. The number of rotatable bonds is 6. The number of nitrogens with zero attached hydrogens (tertiary/aromatic N) is 1. The monoisotopic (exact) mass is 286 g/mol. The maximum absolute atomic E-state index is 11.9. The summed E-state index contributed by atoms with van der Waals surface area (Å²) in [4.78, 5) is 13.4. The van der Waals surface area contributed by atoms with E-state index in [-0.39, 0.29) is 18.7 Å². The fourth-order valence-corrected chi connectivity index (χ4v) is 1.98. The van der Waals surface area contributed by atoms with Crippen LogP contribution in [0, 0.1) is 0 Å². The molecule has 2 rings (SSSR count). The van der Waals surface area contributed by atoms with E-state index in [4.69, 9.17) is 4.74 Å². The van der Waals surface area contributed by atoms with Crippen molar-refractivity contribution in [2.75, 3.05) is 6.54 Å². The molecule has 0 saturated heterocycles. The predicted molar refractivity (Wildman–Crippen MR) is 83.4 cm³/mol. The molecule has 0 fully saturated rings. The highest BCUT2D eigenvalue weighted by Crippen LogP contribution is 2.08. The summed E-state index contributed by atoms with van der Waals surface area (Å²) in [5, 5.41) is 3.39. The minimum Gasteiger partial charge on any atom is -0.444 e. The zero-order chi connectivity index (χ0) is 14.9. The van der Waals surface area contributed by atoms with Gasteiger partial charge in [-0.3, -0.25) is 4.90 Å². The molecule has 112 valence electrons. The van der Waals surface area contributed by atoms with E-state index in [9.17, 15) is 4.79 Å². The minimum atomic E-state index is -0.363. The molecule has 21 heavy (non-hydrogen) atoms. The molecule has 1 aromatic rings. The van der Waals surface area contributed by atoms with Crippen molar-refractivity contribution in [3.05, 3.63) is 60.4 Å². The zero-order valence-corrected chi connectivity index (χ0v) is 12.4. The summed E-state index contributed by atoms with van der Waals surface area (Å²) in [6.45, 7) is 3.43. The van der Waals surface area contributed by atoms with Gasteiger partial charge in [0.25, 0.3) is 0 Å². The summed E-state index contributed by atoms with van der Waals surface area (Å²) in [6.07, 6.45) is 9.37. The predicted octanol–water partition coefficient (Wildman–Crippen LogP) is 3.42. The maximum atomic E-state index is 11.9. The van der Waals surface area contributed by atoms with Crippen LogP contribution in [0.1, 0.15) is 25.3 Å². The number of hydrogen-bond donors (Lipinski definition) is 1. The second-order valence-corrected chi connectivity index (χ2v) is 4.96. The quantitative estimate of drug-likeness (QED) is 0.815. The van der Waals surface area contributed by atoms with Gasteiger partial charge in [-0.1, -0.05) is 43.7 Å². The van der Waals surface area contributed by atoms with Crippen LogP contribution in [0.4, 0.5) is 4.79 Å². The molecule has 1 aliphatic rings. The van der Waals surface area contributed by atoms with Crippen molar-refractivity contribution in [3.8, 4) is 0 Å². The molecule has 0 radical (unpaired) electrons. The molecule has 1 N–H and O–H groups in total. The molecule has 0 aromatic heterocycles. The summed E-state index contributed by atoms with van der Waals surface area (Å²) in [5.41, 5.74) is 0.981. The topological polar surface area (TPSA) is 41.6 Å². The van der Waals surface area contributed by atoms with Crippen molar-refractivity contribution in [1.29, 1.82) is 0 Å². The summed E-state index contributed by atoms with van der Waals surface area (Å²) in [5.74, 6) is 0. The molecule has 1 aromatic carbocycles. The number of carbonyl (C=O) groups is 1. The van der Waals surface area contributed by atoms with Crippen molar-refractivity contribution in [1.82, 2.24) is 10.2 Å². The van der Waals surface area contributed by atoms with Gasteiger partial charge in [0.05, 0.1) is 0 Å². The van der Waals surface area contributed by atoms with Crippen LogP contribution in [0.3, 0.4) is 0 Å². The van der Waals surface area contributed by atoms with Crippen LogP contribution < -0.4 is 5.32 Å². The van der Waals surface area contributed by atoms with E-state index < -0.39 is 0 Å². The average molecular weight is 286 g/mol. The standard InChI is InChI=1S/C17H22N2O2/c1-2-3-11-18-16-9-12-19(13-10-16)17(20)21-14-15-7-5-4-6-8-15/h4-10,12-13,16,18H,2-3,11,14H2,1H3. The largest absolute Gasteiger partial charge is 0.444 e. The van der Waals surface area contributed by atoms with Gasteiger partial charge in [0, 0.05) is 18.4 Å². The first kappa shape index (κ1) is 15.3. The Balaban J connectivity index is 1.75. The molecule has 1 amide bonds. The molecular weight excluding hydrogens is 264 g/mol. The molecule has 4 heteroatoms. The van der Waals surface area contributed by atoms with Gasteiger partial charge in [-0.2, -0.15) is 0 Å². The van der Waals surface area contributed by atoms with Gasteiger partial charge < -0.3 is 10.1 Å². The number of nitrogens with one attached hydrogen (secondary N) is 1. The lowest BCUT2D eigenvalue weighted by Crippen LogP contribution is -2.31. The summed E-state index contributed by atoms with van der Waals surface area (Å²) >= 11 is 0. The van der Waals surface area contributed by atoms with Crippen molar-refractivity contribution < 1.29 is 9.53 Å². The third-order valence-electron chi connectivity index (χ3n) is 3.23. The van der Waals surface area contributed by atoms with Gasteiger partial charge in [-0.05, 0) is 30.7 Å². The summed E-state index contributed by atoms with van der Waals surface area (Å²) < 4.78 is 5.27. The van der Waals surface area contributed by atoms with E-state index in [0.29, 0.717) is 0 Å². The van der Waals surface area contributed by atoms with E-state index in [1.165, 1.54) is 11.3 Å². The van der Waals surface area contributed by atoms with Gasteiger partial charge in [0.15, 0.2) is 0 Å². The fourth-order valence-electron chi connectivity index (χ4n) is 1.98. The van der Waals surface area contributed by atoms with E-state index in [1.807, 2.05) is 42.5 Å². The van der Waals surface area contributed by atoms with Crippen LogP contribution in [0.5, 0.6) is 0 Å². The van der Waals surface area contributed by atoms with Gasteiger partial charge in [-0.25, -0.2) is 4.79 Å². The van der Waals surface area contributed by atoms with Crippen LogP contribution in [0.25, 0.3) is 0 Å². The smallest absolute Gasteiger partial charge is 0.418 e. The van der Waals surface area contributed by atoms with Crippen LogP contribution in [-0.2, 0) is 11.3 Å². The van der Waals surface area contributed by atoms with Gasteiger partial charge in [-0.15, -0.1) is 0 Å². The molecule has 1 heterocycles. The fraction of sp³-hybridized carbons (Fsp3) is 0.353. The molecular formula is C17H22N2O2. The lowest BCUT2D eigenvalue weighted by molar-refractivity contribution is 0.120. The Morgan fingerprint density at radius 2 is 1.95 bits per heavy atom. The number of amides is 1. The number of hydrogen-bond acceptors (Lipinski definition) is 3. The summed E-state index contributed by atoms with van der Waals surface area (Å²) in [7, 11) is 0. The lowest BCUT2D eigenvalue weighted by atomic mass is 10.2. The number of benzene rings is 1. The van der Waals surface area contributed by atoms with Crippen molar-refractivity contribution >= 4 is 6.09 Å². The first-order valence-corrected chi connectivity index (χ1v) is 7.38. The number of carbonyl (C=O) groups excluding carboxylic acids is 1. The molecule has 0 aliphatic carbocycles. The van der Waals surface area contributed by atoms with E-state index in [2.05, 4.69) is 12.2 Å². The Morgan fingerprint density at radius 1 is 1.24 bits per heavy atom. The van der Waals surface area contributed by atoms with Crippen LogP contribution >= 0.6 is 0 Å². The minimum absolute atomic E-state index is 0.190. The van der Waals surface area contributed by atoms with Gasteiger partial charge >= 0.3 is 6.09 Å². The Kier molecular flexibility index (Phi) is 6.03. The molecule has 0 saturated carbocycles. The average Bonchev–Trinajstić information content (AvgIpc) is 2.54. The maximum Gasteiger partial charge on any atom is 0.418 e. The van der Waals surface area contributed by atoms with Crippen molar-refractivity contribution in [2.24, 2.45) is 0 Å². The second-order valence-electron chi connectivity index (χ2n) is 4.96. The Hall–Kier alpha value is -2.07. The normalized spacial score (nSPS) is 14.4. The first-order chi connectivity index (χ1) is 10.3. The highest BCUT2D eigenvalue weighted by molar-refractivity contribution is 5.70. The van der Waals surface area contributed by atoms with Gasteiger partial charge in [0.2, 0.25) is 0 Å². The Bertz CT molecular complexity index is 483. The third-order valence-corrected chi connectivity index (χ3v) is 3.23. The molecule has 1 aliphatic heterocycles. The second kappa shape index (κ2) is 8.27. The van der Waals surface area contributed by atoms with Crippen LogP contribution in [0.15, 0.2) is 54.9 Å². The van der Waals surface area contributed by atoms with E-state index in [1.54, 1.807) is 12.4 Å². The zero-order valence-electron chi connectivity index (χ0n) is 12.4. The molecule has 0 spiro atoms. The van der Waals surface area contributed by atoms with Gasteiger partial charge in [0.1, 0.15) is 6.61 Å².